The van der Waals surface area contributed by atoms with Crippen molar-refractivity contribution >= 4 is 11.9 Å². The number of esters is 1. The van der Waals surface area contributed by atoms with Crippen molar-refractivity contribution in [2.45, 2.75) is 463 Å². The van der Waals surface area contributed by atoms with Gasteiger partial charge in [0.05, 0.1) is 25.4 Å². The fourth-order valence-electron chi connectivity index (χ4n) is 12.7. The molecule has 6 nitrogen and oxygen atoms in total. The van der Waals surface area contributed by atoms with Gasteiger partial charge in [0.25, 0.3) is 0 Å². The minimum absolute atomic E-state index is 0.0227. The van der Waals surface area contributed by atoms with Crippen LogP contribution in [0, 0.1) is 0 Å². The molecule has 6 heteroatoms. The van der Waals surface area contributed by atoms with Gasteiger partial charge in [-0.25, -0.2) is 0 Å². The molecule has 0 aromatic rings. The van der Waals surface area contributed by atoms with Crippen LogP contribution >= 0.6 is 0 Å². The van der Waals surface area contributed by atoms with Crippen LogP contribution in [0.4, 0.5) is 0 Å². The quantitative estimate of drug-likeness (QED) is 0.0320. The van der Waals surface area contributed by atoms with Crippen LogP contribution in [0.1, 0.15) is 450 Å². The van der Waals surface area contributed by atoms with E-state index in [4.69, 9.17) is 4.74 Å². The van der Waals surface area contributed by atoms with E-state index in [0.29, 0.717) is 25.9 Å². The Morgan fingerprint density at radius 1 is 0.326 bits per heavy atom. The maximum absolute atomic E-state index is 12.5. The van der Waals surface area contributed by atoms with E-state index in [1.54, 1.807) is 0 Å². The van der Waals surface area contributed by atoms with E-state index < -0.39 is 12.1 Å². The highest BCUT2D eigenvalue weighted by Gasteiger charge is 2.20. The van der Waals surface area contributed by atoms with Gasteiger partial charge in [-0.05, 0) is 57.8 Å². The molecule has 0 bridgehead atoms. The van der Waals surface area contributed by atoms with Crippen LogP contribution in [0.5, 0.6) is 0 Å². The summed E-state index contributed by atoms with van der Waals surface area (Å²) in [6, 6.07) is -0.539. The first kappa shape index (κ1) is 84.3. The molecule has 1 amide bonds. The summed E-state index contributed by atoms with van der Waals surface area (Å²) < 4.78 is 5.49. The first-order chi connectivity index (χ1) is 42.5. The Labute approximate surface area is 539 Å². The van der Waals surface area contributed by atoms with Gasteiger partial charge in [-0.2, -0.15) is 0 Å². The summed E-state index contributed by atoms with van der Waals surface area (Å²) in [7, 11) is 0. The maximum atomic E-state index is 12.5. The lowest BCUT2D eigenvalue weighted by Crippen LogP contribution is -2.45. The van der Waals surface area contributed by atoms with Crippen LogP contribution in [0.25, 0.3) is 0 Å². The van der Waals surface area contributed by atoms with E-state index >= 15 is 0 Å². The van der Waals surface area contributed by atoms with Gasteiger partial charge in [-0.1, -0.05) is 404 Å². The predicted octanol–water partition coefficient (Wildman–Crippen LogP) is 26.0. The van der Waals surface area contributed by atoms with E-state index in [2.05, 4.69) is 43.5 Å². The molecule has 86 heavy (non-hydrogen) atoms. The number of unbranched alkanes of at least 4 members (excludes halogenated alkanes) is 60. The molecule has 510 valence electrons. The van der Waals surface area contributed by atoms with Gasteiger partial charge < -0.3 is 20.3 Å². The molecule has 2 atom stereocenters. The molecular weight excluding hydrogens is 1050 g/mol. The molecule has 0 saturated heterocycles. The molecular formula is C80H155NO5. The van der Waals surface area contributed by atoms with Crippen LogP contribution in [-0.2, 0) is 14.3 Å². The number of ether oxygens (including phenoxy) is 1. The summed E-state index contributed by atoms with van der Waals surface area (Å²) in [6.07, 6.45) is 97.1. The van der Waals surface area contributed by atoms with Crippen LogP contribution in [-0.4, -0.2) is 47.4 Å². The molecule has 0 saturated carbocycles. The first-order valence-corrected chi connectivity index (χ1v) is 39.6. The number of amides is 1. The fraction of sp³-hybridized carbons (Fsp3) is 0.925. The van der Waals surface area contributed by atoms with Crippen LogP contribution in [0.2, 0.25) is 0 Å². The van der Waals surface area contributed by atoms with E-state index in [0.717, 1.165) is 44.9 Å². The second kappa shape index (κ2) is 75.8. The van der Waals surface area contributed by atoms with Gasteiger partial charge >= 0.3 is 5.97 Å². The fourth-order valence-corrected chi connectivity index (χ4v) is 12.7. The molecule has 0 heterocycles. The van der Waals surface area contributed by atoms with Gasteiger partial charge in [0.2, 0.25) is 5.91 Å². The molecule has 3 N–H and O–H groups in total. The van der Waals surface area contributed by atoms with Gasteiger partial charge in [-0.15, -0.1) is 0 Å². The van der Waals surface area contributed by atoms with Gasteiger partial charge in [0.15, 0.2) is 0 Å². The van der Waals surface area contributed by atoms with Crippen molar-refractivity contribution < 1.29 is 24.5 Å². The normalized spacial score (nSPS) is 12.6. The van der Waals surface area contributed by atoms with Gasteiger partial charge in [0.1, 0.15) is 0 Å². The highest BCUT2D eigenvalue weighted by molar-refractivity contribution is 5.76. The number of hydrogen-bond donors (Lipinski definition) is 3. The minimum Gasteiger partial charge on any atom is -0.466 e. The van der Waals surface area contributed by atoms with Crippen molar-refractivity contribution in [3.05, 3.63) is 24.3 Å². The monoisotopic (exact) mass is 1210 g/mol. The topological polar surface area (TPSA) is 95.9 Å². The first-order valence-electron chi connectivity index (χ1n) is 39.6. The zero-order chi connectivity index (χ0) is 62.0. The number of carbonyl (C=O) groups is 2. The average Bonchev–Trinajstić information content (AvgIpc) is 3.56. The van der Waals surface area contributed by atoms with E-state index in [1.807, 2.05) is 0 Å². The number of aliphatic hydroxyl groups excluding tert-OH is 2. The Kier molecular flexibility index (Phi) is 74.3. The van der Waals surface area contributed by atoms with E-state index in [9.17, 15) is 19.8 Å². The standard InChI is InChI=1S/C80H155NO5/c1-3-5-7-9-11-13-15-17-18-42-45-49-52-56-60-64-68-72-78(83)77(76-82)81-79(84)73-69-65-61-57-53-50-46-43-40-38-36-34-32-30-28-26-24-22-20-19-21-23-25-27-29-31-33-35-37-39-41-44-47-51-55-59-63-67-71-75-86-80(85)74-70-66-62-58-54-48-16-14-12-10-8-6-4-2/h19-20,23,25,77-78,82-83H,3-18,21-22,24,26-76H2,1-2H3,(H,81,84)/b20-19-,25-23-. The lowest BCUT2D eigenvalue weighted by atomic mass is 10.0. The number of rotatable bonds is 75. The van der Waals surface area contributed by atoms with Crippen LogP contribution in [0.15, 0.2) is 24.3 Å². The summed E-state index contributed by atoms with van der Waals surface area (Å²) in [5, 5.41) is 23.4. The van der Waals surface area contributed by atoms with Crippen molar-refractivity contribution in [2.75, 3.05) is 13.2 Å². The van der Waals surface area contributed by atoms with Crippen molar-refractivity contribution in [2.24, 2.45) is 0 Å². The summed E-state index contributed by atoms with van der Waals surface area (Å²) in [4.78, 5) is 24.6. The summed E-state index contributed by atoms with van der Waals surface area (Å²) in [6.45, 7) is 5.00. The number of carbonyl (C=O) groups excluding carboxylic acids is 2. The molecule has 0 radical (unpaired) electrons. The molecule has 0 rings (SSSR count). The Hall–Kier alpha value is -1.66. The Balaban J connectivity index is 3.34. The molecule has 0 aliphatic carbocycles. The molecule has 0 aromatic heterocycles. The molecule has 0 aromatic carbocycles. The van der Waals surface area contributed by atoms with Gasteiger partial charge in [0, 0.05) is 12.8 Å². The second-order valence-corrected chi connectivity index (χ2v) is 27.4. The SMILES string of the molecule is CCCCCCCCCCCCCCCCCCCC(O)C(CO)NC(=O)CCCCCCCCCCCCCCCCCCC/C=C\C/C=C\CCCCCCCCCCCCCCCCCOC(=O)CCCCCCCCCCCCCCC. The highest BCUT2D eigenvalue weighted by atomic mass is 16.5. The van der Waals surface area contributed by atoms with Gasteiger partial charge in [-0.3, -0.25) is 9.59 Å². The van der Waals surface area contributed by atoms with Crippen molar-refractivity contribution in [3.8, 4) is 0 Å². The predicted molar refractivity (Wildman–Crippen MR) is 380 cm³/mol. The molecule has 0 aliphatic rings. The highest BCUT2D eigenvalue weighted by Crippen LogP contribution is 2.20. The number of aliphatic hydroxyl groups is 2. The lowest BCUT2D eigenvalue weighted by molar-refractivity contribution is -0.143. The van der Waals surface area contributed by atoms with E-state index in [1.165, 1.54) is 372 Å². The zero-order valence-electron chi connectivity index (χ0n) is 58.6. The molecule has 0 fully saturated rings. The van der Waals surface area contributed by atoms with E-state index in [-0.39, 0.29) is 18.5 Å². The Morgan fingerprint density at radius 3 is 0.884 bits per heavy atom. The molecule has 2 unspecified atom stereocenters. The number of nitrogens with one attached hydrogen (secondary N) is 1. The smallest absolute Gasteiger partial charge is 0.305 e. The van der Waals surface area contributed by atoms with Crippen molar-refractivity contribution in [1.82, 2.24) is 5.32 Å². The average molecular weight is 1210 g/mol. The zero-order valence-corrected chi connectivity index (χ0v) is 58.6. The van der Waals surface area contributed by atoms with Crippen LogP contribution in [0.3, 0.4) is 0 Å². The summed E-state index contributed by atoms with van der Waals surface area (Å²) >= 11 is 0. The maximum Gasteiger partial charge on any atom is 0.305 e. The Bertz CT molecular complexity index is 1350. The third-order valence-electron chi connectivity index (χ3n) is 18.8. The number of hydrogen-bond acceptors (Lipinski definition) is 5. The van der Waals surface area contributed by atoms with Crippen LogP contribution < -0.4 is 5.32 Å². The Morgan fingerprint density at radius 2 is 0.581 bits per heavy atom. The minimum atomic E-state index is -0.662. The summed E-state index contributed by atoms with van der Waals surface area (Å²) in [5.41, 5.74) is 0. The number of allylic oxidation sites excluding steroid dienone is 4. The third-order valence-corrected chi connectivity index (χ3v) is 18.8. The molecule has 0 spiro atoms. The second-order valence-electron chi connectivity index (χ2n) is 27.4. The summed E-state index contributed by atoms with van der Waals surface area (Å²) in [5.74, 6) is -0.00492. The lowest BCUT2D eigenvalue weighted by Gasteiger charge is -2.22. The third kappa shape index (κ3) is 71.4. The largest absolute Gasteiger partial charge is 0.466 e. The van der Waals surface area contributed by atoms with Crippen molar-refractivity contribution in [1.29, 1.82) is 0 Å². The molecule has 0 aliphatic heterocycles. The van der Waals surface area contributed by atoms with Crippen molar-refractivity contribution in [3.63, 3.8) is 0 Å².